The second kappa shape index (κ2) is 2.76. The van der Waals surface area contributed by atoms with E-state index in [9.17, 15) is 4.79 Å². The van der Waals surface area contributed by atoms with Crippen LogP contribution in [0.5, 0.6) is 0 Å². The predicted molar refractivity (Wildman–Crippen MR) is 36.0 cm³/mol. The average Bonchev–Trinajstić information content (AvgIpc) is 1.89. The zero-order valence-electron chi connectivity index (χ0n) is 5.47. The number of hydrogen-bond donors (Lipinski definition) is 1. The van der Waals surface area contributed by atoms with Crippen molar-refractivity contribution in [2.45, 2.75) is 24.3 Å². The topological polar surface area (TPSA) is 46.5 Å². The Kier molecular flexibility index (Phi) is 2.16. The first-order valence-corrected chi connectivity index (χ1v) is 3.59. The van der Waals surface area contributed by atoms with E-state index in [1.807, 2.05) is 0 Å². The molecule has 1 aliphatic rings. The maximum absolute atomic E-state index is 10.4. The molecule has 4 heteroatoms. The summed E-state index contributed by atoms with van der Waals surface area (Å²) in [5.41, 5.74) is 0. The van der Waals surface area contributed by atoms with Crippen LogP contribution in [0.15, 0.2) is 0 Å². The van der Waals surface area contributed by atoms with Crippen LogP contribution in [0.3, 0.4) is 0 Å². The molecule has 1 heterocycles. The Morgan fingerprint density at radius 2 is 2.30 bits per heavy atom. The molecule has 0 radical (unpaired) electrons. The molecule has 1 atom stereocenters. The third kappa shape index (κ3) is 1.41. The van der Waals surface area contributed by atoms with Crippen LogP contribution in [0.4, 0.5) is 0 Å². The molecule has 1 saturated heterocycles. The fraction of sp³-hybridized carbons (Fsp3) is 0.833. The van der Waals surface area contributed by atoms with Gasteiger partial charge in [-0.25, -0.2) is 4.79 Å². The number of carboxylic acid groups (broad SMARTS) is 1. The summed E-state index contributed by atoms with van der Waals surface area (Å²) >= 11 is 5.59. The first kappa shape index (κ1) is 7.82. The Hall–Kier alpha value is -0.280. The van der Waals surface area contributed by atoms with Crippen LogP contribution in [-0.2, 0) is 9.53 Å². The van der Waals surface area contributed by atoms with Crippen molar-refractivity contribution in [3.63, 3.8) is 0 Å². The molecule has 1 fully saturated rings. The minimum Gasteiger partial charge on any atom is -0.478 e. The maximum atomic E-state index is 10.4. The number of aliphatic carboxylic acids is 1. The Morgan fingerprint density at radius 3 is 2.60 bits per heavy atom. The van der Waals surface area contributed by atoms with Crippen LogP contribution in [0.25, 0.3) is 0 Å². The molecule has 0 spiro atoms. The van der Waals surface area contributed by atoms with E-state index in [-0.39, 0.29) is 0 Å². The summed E-state index contributed by atoms with van der Waals surface area (Å²) in [6, 6.07) is 0. The molecule has 0 amide bonds. The van der Waals surface area contributed by atoms with Gasteiger partial charge in [0.15, 0.2) is 0 Å². The van der Waals surface area contributed by atoms with Gasteiger partial charge in [0.05, 0.1) is 0 Å². The first-order valence-electron chi connectivity index (χ1n) is 3.21. The summed E-state index contributed by atoms with van der Waals surface area (Å²) in [7, 11) is 0. The van der Waals surface area contributed by atoms with Crippen molar-refractivity contribution >= 4 is 17.6 Å². The minimum atomic E-state index is -1.43. The molecule has 0 bridgehead atoms. The summed E-state index contributed by atoms with van der Waals surface area (Å²) < 4.78 is 4.89. The molecule has 10 heavy (non-hydrogen) atoms. The van der Waals surface area contributed by atoms with Crippen molar-refractivity contribution in [2.24, 2.45) is 0 Å². The number of rotatable bonds is 1. The van der Waals surface area contributed by atoms with Gasteiger partial charge in [-0.1, -0.05) is 11.6 Å². The smallest absolute Gasteiger partial charge is 0.351 e. The van der Waals surface area contributed by atoms with Crippen molar-refractivity contribution in [3.05, 3.63) is 0 Å². The Bertz CT molecular complexity index is 140. The van der Waals surface area contributed by atoms with Gasteiger partial charge in [-0.3, -0.25) is 0 Å². The van der Waals surface area contributed by atoms with Gasteiger partial charge >= 0.3 is 5.97 Å². The Morgan fingerprint density at radius 1 is 1.60 bits per heavy atom. The normalized spacial score (nSPS) is 33.7. The highest BCUT2D eigenvalue weighted by atomic mass is 35.5. The van der Waals surface area contributed by atoms with Gasteiger partial charge in [-0.05, 0) is 12.8 Å². The van der Waals surface area contributed by atoms with Gasteiger partial charge in [0.25, 0.3) is 0 Å². The van der Waals surface area contributed by atoms with Gasteiger partial charge < -0.3 is 9.84 Å². The zero-order chi connectivity index (χ0) is 7.61. The standard InChI is InChI=1S/C6H9ClO3/c7-6(5(8)9)3-1-2-4-10-6/h1-4H2,(H,8,9). The molecule has 1 rings (SSSR count). The number of hydrogen-bond acceptors (Lipinski definition) is 2. The van der Waals surface area contributed by atoms with Gasteiger partial charge in [-0.2, -0.15) is 0 Å². The summed E-state index contributed by atoms with van der Waals surface area (Å²) in [5.74, 6) is -1.08. The Balaban J connectivity index is 2.56. The van der Waals surface area contributed by atoms with E-state index in [0.717, 1.165) is 12.8 Å². The number of halogens is 1. The van der Waals surface area contributed by atoms with Gasteiger partial charge in [-0.15, -0.1) is 0 Å². The number of ether oxygens (including phenoxy) is 1. The van der Waals surface area contributed by atoms with E-state index in [1.54, 1.807) is 0 Å². The summed E-state index contributed by atoms with van der Waals surface area (Å²) in [6.07, 6.45) is 2.14. The largest absolute Gasteiger partial charge is 0.478 e. The summed E-state index contributed by atoms with van der Waals surface area (Å²) in [4.78, 5) is 10.4. The number of carbonyl (C=O) groups is 1. The third-order valence-electron chi connectivity index (χ3n) is 1.54. The molecule has 0 aromatic rings. The SMILES string of the molecule is O=C(O)C1(Cl)CCCCO1. The van der Waals surface area contributed by atoms with Crippen LogP contribution in [-0.4, -0.2) is 22.7 Å². The number of alkyl halides is 1. The van der Waals surface area contributed by atoms with E-state index in [1.165, 1.54) is 0 Å². The van der Waals surface area contributed by atoms with Crippen LogP contribution < -0.4 is 0 Å². The van der Waals surface area contributed by atoms with Crippen molar-refractivity contribution in [2.75, 3.05) is 6.61 Å². The molecule has 1 aliphatic heterocycles. The van der Waals surface area contributed by atoms with Gasteiger partial charge in [0, 0.05) is 13.0 Å². The van der Waals surface area contributed by atoms with Crippen molar-refractivity contribution in [1.29, 1.82) is 0 Å². The van der Waals surface area contributed by atoms with E-state index in [0.29, 0.717) is 13.0 Å². The van der Waals surface area contributed by atoms with Crippen molar-refractivity contribution in [1.82, 2.24) is 0 Å². The molecule has 0 aliphatic carbocycles. The molecule has 0 aromatic heterocycles. The first-order chi connectivity index (χ1) is 4.65. The molecular weight excluding hydrogens is 156 g/mol. The van der Waals surface area contributed by atoms with E-state index < -0.39 is 11.0 Å². The highest BCUT2D eigenvalue weighted by molar-refractivity contribution is 6.32. The molecular formula is C6H9ClO3. The lowest BCUT2D eigenvalue weighted by Crippen LogP contribution is -2.38. The maximum Gasteiger partial charge on any atom is 0.351 e. The molecule has 58 valence electrons. The Labute approximate surface area is 63.9 Å². The average molecular weight is 165 g/mol. The highest BCUT2D eigenvalue weighted by Gasteiger charge is 2.38. The van der Waals surface area contributed by atoms with Crippen molar-refractivity contribution in [3.8, 4) is 0 Å². The molecule has 1 unspecified atom stereocenters. The van der Waals surface area contributed by atoms with Crippen molar-refractivity contribution < 1.29 is 14.6 Å². The van der Waals surface area contributed by atoms with Gasteiger partial charge in [0.1, 0.15) is 0 Å². The van der Waals surface area contributed by atoms with Crippen LogP contribution >= 0.6 is 11.6 Å². The zero-order valence-corrected chi connectivity index (χ0v) is 6.23. The summed E-state index contributed by atoms with van der Waals surface area (Å²) in [5, 5.41) is 7.11. The monoisotopic (exact) mass is 164 g/mol. The second-order valence-electron chi connectivity index (χ2n) is 2.34. The lowest BCUT2D eigenvalue weighted by molar-refractivity contribution is -0.158. The quantitative estimate of drug-likeness (QED) is 0.593. The predicted octanol–water partition coefficient (Wildman–Crippen LogP) is 1.21. The fourth-order valence-electron chi connectivity index (χ4n) is 0.929. The summed E-state index contributed by atoms with van der Waals surface area (Å²) in [6.45, 7) is 0.454. The lowest BCUT2D eigenvalue weighted by Gasteiger charge is -2.26. The molecule has 0 saturated carbocycles. The van der Waals surface area contributed by atoms with E-state index in [2.05, 4.69) is 0 Å². The highest BCUT2D eigenvalue weighted by Crippen LogP contribution is 2.28. The molecule has 3 nitrogen and oxygen atoms in total. The second-order valence-corrected chi connectivity index (χ2v) is 2.95. The van der Waals surface area contributed by atoms with E-state index in [4.69, 9.17) is 21.4 Å². The minimum absolute atomic E-state index is 0.407. The third-order valence-corrected chi connectivity index (χ3v) is 2.00. The van der Waals surface area contributed by atoms with Crippen LogP contribution in [0.2, 0.25) is 0 Å². The molecule has 1 N–H and O–H groups in total. The van der Waals surface area contributed by atoms with E-state index >= 15 is 0 Å². The molecule has 0 aromatic carbocycles. The van der Waals surface area contributed by atoms with Gasteiger partial charge in [0.2, 0.25) is 5.06 Å². The van der Waals surface area contributed by atoms with Crippen LogP contribution in [0, 0.1) is 0 Å². The lowest BCUT2D eigenvalue weighted by atomic mass is 10.1. The van der Waals surface area contributed by atoms with Crippen LogP contribution in [0.1, 0.15) is 19.3 Å². The fourth-order valence-corrected chi connectivity index (χ4v) is 1.14. The number of carboxylic acids is 1.